The molecule has 0 unspecified atom stereocenters. The lowest BCUT2D eigenvalue weighted by atomic mass is 10.1. The van der Waals surface area contributed by atoms with Gasteiger partial charge in [-0.05, 0) is 43.5 Å². The van der Waals surface area contributed by atoms with E-state index in [4.69, 9.17) is 0 Å². The number of rotatable bonds is 5. The molecule has 1 N–H and O–H groups in total. The molecular weight excluding hydrogens is 390 g/mol. The molecule has 2 aliphatic rings. The highest BCUT2D eigenvalue weighted by molar-refractivity contribution is 8.00. The van der Waals surface area contributed by atoms with Gasteiger partial charge in [0, 0.05) is 15.8 Å². The smallest absolute Gasteiger partial charge is 0.251 e. The Morgan fingerprint density at radius 1 is 1.32 bits per heavy atom. The third-order valence-electron chi connectivity index (χ3n) is 4.67. The highest BCUT2D eigenvalue weighted by Gasteiger charge is 2.26. The summed E-state index contributed by atoms with van der Waals surface area (Å²) in [6.07, 6.45) is 8.47. The lowest BCUT2D eigenvalue weighted by Crippen LogP contribution is -2.37. The van der Waals surface area contributed by atoms with E-state index in [0.29, 0.717) is 24.4 Å². The molecule has 0 saturated carbocycles. The van der Waals surface area contributed by atoms with E-state index in [1.54, 1.807) is 16.2 Å². The number of nitrogens with zero attached hydrogens (tertiary/aromatic N) is 2. The molecular formula is C21H21N3O2S2. The van der Waals surface area contributed by atoms with Gasteiger partial charge in [-0.1, -0.05) is 18.2 Å². The Labute approximate surface area is 172 Å². The highest BCUT2D eigenvalue weighted by atomic mass is 32.2. The number of allylic oxidation sites excluding steroid dienone is 2. The minimum absolute atomic E-state index is 0.0767. The van der Waals surface area contributed by atoms with Crippen LogP contribution in [0.4, 0.5) is 5.69 Å². The number of thiazole rings is 1. The van der Waals surface area contributed by atoms with Crippen LogP contribution in [0.25, 0.3) is 0 Å². The number of hydrogen-bond acceptors (Lipinski definition) is 5. The van der Waals surface area contributed by atoms with Crippen LogP contribution in [0, 0.1) is 6.92 Å². The summed E-state index contributed by atoms with van der Waals surface area (Å²) in [5, 5.41) is 5.85. The summed E-state index contributed by atoms with van der Waals surface area (Å²) in [5.74, 6) is 0.347. The number of nitrogens with one attached hydrogen (secondary N) is 1. The van der Waals surface area contributed by atoms with E-state index in [1.807, 2.05) is 30.5 Å². The summed E-state index contributed by atoms with van der Waals surface area (Å²) in [7, 11) is 0. The zero-order valence-electron chi connectivity index (χ0n) is 15.6. The van der Waals surface area contributed by atoms with Crippen LogP contribution in [0.15, 0.2) is 52.3 Å². The summed E-state index contributed by atoms with van der Waals surface area (Å²) in [6.45, 7) is 2.89. The molecule has 5 nitrogen and oxygen atoms in total. The Morgan fingerprint density at radius 3 is 2.96 bits per heavy atom. The van der Waals surface area contributed by atoms with E-state index in [0.717, 1.165) is 39.7 Å². The van der Waals surface area contributed by atoms with Crippen molar-refractivity contribution in [1.82, 2.24) is 10.3 Å². The molecule has 144 valence electrons. The van der Waals surface area contributed by atoms with E-state index in [9.17, 15) is 9.59 Å². The standard InChI is InChI=1S/C21H21N3O2S2/c1-14-23-17(12-27-14)10-22-21(26)16-7-8-19-18(9-16)24(20(25)13-28-19)11-15-5-3-2-4-6-15/h3,5-9,12H,2,4,10-11,13H2,1H3,(H,22,26). The number of aromatic nitrogens is 1. The fourth-order valence-electron chi connectivity index (χ4n) is 3.25. The predicted octanol–water partition coefficient (Wildman–Crippen LogP) is 4.10. The number of aryl methyl sites for hydroxylation is 1. The second kappa shape index (κ2) is 8.32. The van der Waals surface area contributed by atoms with Crippen LogP contribution in [0.2, 0.25) is 0 Å². The fourth-order valence-corrected chi connectivity index (χ4v) is 4.78. The molecule has 1 aliphatic carbocycles. The molecule has 1 aromatic carbocycles. The zero-order valence-corrected chi connectivity index (χ0v) is 17.2. The third kappa shape index (κ3) is 4.20. The van der Waals surface area contributed by atoms with Crippen molar-refractivity contribution in [2.75, 3.05) is 17.2 Å². The first-order valence-corrected chi connectivity index (χ1v) is 11.1. The summed E-state index contributed by atoms with van der Waals surface area (Å²) in [6, 6.07) is 5.59. The number of hydrogen-bond donors (Lipinski definition) is 1. The van der Waals surface area contributed by atoms with Gasteiger partial charge in [-0.25, -0.2) is 4.98 Å². The Bertz CT molecular complexity index is 978. The van der Waals surface area contributed by atoms with Gasteiger partial charge >= 0.3 is 0 Å². The largest absolute Gasteiger partial charge is 0.346 e. The summed E-state index contributed by atoms with van der Waals surface area (Å²) < 4.78 is 0. The summed E-state index contributed by atoms with van der Waals surface area (Å²) in [4.78, 5) is 32.4. The third-order valence-corrected chi connectivity index (χ3v) is 6.54. The first-order chi connectivity index (χ1) is 13.6. The molecule has 0 radical (unpaired) electrons. The quantitative estimate of drug-likeness (QED) is 0.805. The molecule has 2 heterocycles. The maximum Gasteiger partial charge on any atom is 0.251 e. The van der Waals surface area contributed by atoms with Crippen molar-refractivity contribution in [3.8, 4) is 0 Å². The number of benzene rings is 1. The monoisotopic (exact) mass is 411 g/mol. The number of carbonyl (C=O) groups excluding carboxylic acids is 2. The lowest BCUT2D eigenvalue weighted by Gasteiger charge is -2.30. The molecule has 4 rings (SSSR count). The van der Waals surface area contributed by atoms with Gasteiger partial charge < -0.3 is 10.2 Å². The van der Waals surface area contributed by atoms with E-state index in [2.05, 4.69) is 28.5 Å². The van der Waals surface area contributed by atoms with E-state index in [-0.39, 0.29) is 11.8 Å². The Morgan fingerprint density at radius 2 is 2.21 bits per heavy atom. The normalized spacial score (nSPS) is 16.0. The molecule has 0 atom stereocenters. The van der Waals surface area contributed by atoms with Crippen LogP contribution in [-0.2, 0) is 11.3 Å². The second-order valence-corrected chi connectivity index (χ2v) is 8.83. The fraction of sp³-hybridized carbons (Fsp3) is 0.286. The number of carbonyl (C=O) groups is 2. The SMILES string of the molecule is Cc1nc(CNC(=O)c2ccc3c(c2)N(CC2=CCCC=C2)C(=O)CS3)cs1. The number of fused-ring (bicyclic) bond motifs is 1. The molecule has 0 bridgehead atoms. The van der Waals surface area contributed by atoms with Crippen LogP contribution in [0.1, 0.15) is 33.9 Å². The minimum atomic E-state index is -0.159. The van der Waals surface area contributed by atoms with Crippen molar-refractivity contribution >= 4 is 40.6 Å². The number of thioether (sulfide) groups is 1. The summed E-state index contributed by atoms with van der Waals surface area (Å²) in [5.41, 5.74) is 3.38. The van der Waals surface area contributed by atoms with Gasteiger partial charge in [0.1, 0.15) is 0 Å². The zero-order chi connectivity index (χ0) is 19.5. The lowest BCUT2D eigenvalue weighted by molar-refractivity contribution is -0.116. The Hall–Kier alpha value is -2.38. The van der Waals surface area contributed by atoms with Crippen molar-refractivity contribution in [2.45, 2.75) is 31.2 Å². The average molecular weight is 412 g/mol. The Balaban J connectivity index is 1.53. The van der Waals surface area contributed by atoms with E-state index >= 15 is 0 Å². The minimum Gasteiger partial charge on any atom is -0.346 e. The van der Waals surface area contributed by atoms with Gasteiger partial charge in [0.2, 0.25) is 5.91 Å². The van der Waals surface area contributed by atoms with Crippen LogP contribution in [0.3, 0.4) is 0 Å². The summed E-state index contributed by atoms with van der Waals surface area (Å²) >= 11 is 3.09. The molecule has 0 fully saturated rings. The maximum absolute atomic E-state index is 12.6. The van der Waals surface area contributed by atoms with Crippen molar-refractivity contribution in [1.29, 1.82) is 0 Å². The molecule has 0 saturated heterocycles. The Kier molecular flexibility index (Phi) is 5.64. The predicted molar refractivity (Wildman–Crippen MR) is 114 cm³/mol. The maximum atomic E-state index is 12.6. The molecule has 1 aromatic heterocycles. The second-order valence-electron chi connectivity index (χ2n) is 6.75. The van der Waals surface area contributed by atoms with Crippen molar-refractivity contribution in [3.05, 3.63) is 63.6 Å². The van der Waals surface area contributed by atoms with Gasteiger partial charge in [-0.15, -0.1) is 23.1 Å². The number of anilines is 1. The topological polar surface area (TPSA) is 62.3 Å². The van der Waals surface area contributed by atoms with Crippen LogP contribution in [0.5, 0.6) is 0 Å². The van der Waals surface area contributed by atoms with Gasteiger partial charge in [0.15, 0.2) is 0 Å². The highest BCUT2D eigenvalue weighted by Crippen LogP contribution is 2.36. The van der Waals surface area contributed by atoms with Gasteiger partial charge in [0.25, 0.3) is 5.91 Å². The van der Waals surface area contributed by atoms with Crippen LogP contribution < -0.4 is 10.2 Å². The van der Waals surface area contributed by atoms with Gasteiger partial charge in [-0.2, -0.15) is 0 Å². The van der Waals surface area contributed by atoms with Crippen molar-refractivity contribution in [2.24, 2.45) is 0 Å². The van der Waals surface area contributed by atoms with Crippen molar-refractivity contribution < 1.29 is 9.59 Å². The van der Waals surface area contributed by atoms with Crippen molar-refractivity contribution in [3.63, 3.8) is 0 Å². The van der Waals surface area contributed by atoms with Crippen LogP contribution >= 0.6 is 23.1 Å². The van der Waals surface area contributed by atoms with Gasteiger partial charge in [-0.3, -0.25) is 9.59 Å². The molecule has 28 heavy (non-hydrogen) atoms. The first kappa shape index (κ1) is 19.0. The first-order valence-electron chi connectivity index (χ1n) is 9.22. The molecule has 0 spiro atoms. The molecule has 2 amide bonds. The number of amides is 2. The molecule has 7 heteroatoms. The van der Waals surface area contributed by atoms with E-state index in [1.165, 1.54) is 11.8 Å². The average Bonchev–Trinajstić information content (AvgIpc) is 3.14. The van der Waals surface area contributed by atoms with Gasteiger partial charge in [0.05, 0.1) is 35.2 Å². The molecule has 1 aliphatic heterocycles. The van der Waals surface area contributed by atoms with E-state index < -0.39 is 0 Å². The molecule has 2 aromatic rings. The van der Waals surface area contributed by atoms with Crippen LogP contribution in [-0.4, -0.2) is 29.1 Å².